The van der Waals surface area contributed by atoms with E-state index in [2.05, 4.69) is 15.6 Å². The van der Waals surface area contributed by atoms with E-state index in [4.69, 9.17) is 0 Å². The third-order valence-electron chi connectivity index (χ3n) is 2.42. The lowest BCUT2D eigenvalue weighted by Crippen LogP contribution is -2.47. The van der Waals surface area contributed by atoms with Gasteiger partial charge in [-0.2, -0.15) is 0 Å². The first-order valence-electron chi connectivity index (χ1n) is 4.84. The second-order valence-corrected chi connectivity index (χ2v) is 3.28. The Kier molecular flexibility index (Phi) is 2.49. The van der Waals surface area contributed by atoms with E-state index in [1.54, 1.807) is 12.5 Å². The van der Waals surface area contributed by atoms with E-state index in [-0.39, 0.29) is 11.9 Å². The number of rotatable bonds is 2. The summed E-state index contributed by atoms with van der Waals surface area (Å²) in [7, 11) is 0. The second-order valence-electron chi connectivity index (χ2n) is 3.28. The molecule has 1 aromatic rings. The van der Waals surface area contributed by atoms with Crippen LogP contribution in [0.3, 0.4) is 0 Å². The van der Waals surface area contributed by atoms with Crippen molar-refractivity contribution in [2.45, 2.75) is 19.5 Å². The van der Waals surface area contributed by atoms with Gasteiger partial charge in [-0.15, -0.1) is 0 Å². The topological polar surface area (TPSA) is 59.0 Å². The number of carbonyl (C=O) groups excluding carboxylic acids is 1. The number of hydrogen-bond donors (Lipinski definition) is 2. The number of amides is 1. The highest BCUT2D eigenvalue weighted by Gasteiger charge is 2.25. The van der Waals surface area contributed by atoms with E-state index in [0.717, 1.165) is 18.8 Å². The maximum atomic E-state index is 11.5. The van der Waals surface area contributed by atoms with Crippen molar-refractivity contribution in [3.63, 3.8) is 0 Å². The van der Waals surface area contributed by atoms with Gasteiger partial charge in [0.15, 0.2) is 0 Å². The van der Waals surface area contributed by atoms with E-state index in [1.165, 1.54) is 0 Å². The molecule has 76 valence electrons. The Balaban J connectivity index is 2.24. The maximum Gasteiger partial charge on any atom is 0.243 e. The summed E-state index contributed by atoms with van der Waals surface area (Å²) < 4.78 is 1.97. The van der Waals surface area contributed by atoms with Gasteiger partial charge in [-0.1, -0.05) is 0 Å². The predicted octanol–water partition coefficient (Wildman–Crippen LogP) is -0.337. The van der Waals surface area contributed by atoms with Gasteiger partial charge in [0.25, 0.3) is 0 Å². The largest absolute Gasteiger partial charge is 0.353 e. The maximum absolute atomic E-state index is 11.5. The first-order valence-corrected chi connectivity index (χ1v) is 4.84. The number of nitrogens with one attached hydrogen (secondary N) is 2. The number of carbonyl (C=O) groups is 1. The molecule has 1 aliphatic rings. The normalized spacial score (nSPS) is 22.1. The molecule has 14 heavy (non-hydrogen) atoms. The SMILES string of the molecule is CCn1cncc1C1NCCNC1=O. The molecule has 0 radical (unpaired) electrons. The van der Waals surface area contributed by atoms with Crippen LogP contribution in [0.5, 0.6) is 0 Å². The van der Waals surface area contributed by atoms with Crippen LogP contribution < -0.4 is 10.6 Å². The molecule has 5 heteroatoms. The van der Waals surface area contributed by atoms with Crippen molar-refractivity contribution >= 4 is 5.91 Å². The molecule has 0 bridgehead atoms. The van der Waals surface area contributed by atoms with Gasteiger partial charge in [0.2, 0.25) is 5.91 Å². The molecule has 1 unspecified atom stereocenters. The molecule has 2 heterocycles. The predicted molar refractivity (Wildman–Crippen MR) is 51.7 cm³/mol. The van der Waals surface area contributed by atoms with Crippen LogP contribution in [0.1, 0.15) is 18.7 Å². The minimum Gasteiger partial charge on any atom is -0.353 e. The summed E-state index contributed by atoms with van der Waals surface area (Å²) in [6.45, 7) is 4.38. The third kappa shape index (κ3) is 1.50. The van der Waals surface area contributed by atoms with Gasteiger partial charge in [-0.05, 0) is 6.92 Å². The quantitative estimate of drug-likeness (QED) is 0.677. The van der Waals surface area contributed by atoms with Crippen LogP contribution in [0, 0.1) is 0 Å². The average Bonchev–Trinajstić information content (AvgIpc) is 2.66. The van der Waals surface area contributed by atoms with E-state index in [0.29, 0.717) is 6.54 Å². The first-order chi connectivity index (χ1) is 6.83. The van der Waals surface area contributed by atoms with Crippen LogP contribution in [0.25, 0.3) is 0 Å². The van der Waals surface area contributed by atoms with Gasteiger partial charge >= 0.3 is 0 Å². The summed E-state index contributed by atoms with van der Waals surface area (Å²) in [4.78, 5) is 15.6. The monoisotopic (exact) mass is 194 g/mol. The highest BCUT2D eigenvalue weighted by Crippen LogP contribution is 2.13. The van der Waals surface area contributed by atoms with E-state index in [1.807, 2.05) is 11.5 Å². The van der Waals surface area contributed by atoms with E-state index in [9.17, 15) is 4.79 Å². The van der Waals surface area contributed by atoms with E-state index < -0.39 is 0 Å². The molecule has 1 fully saturated rings. The average molecular weight is 194 g/mol. The van der Waals surface area contributed by atoms with Crippen LogP contribution in [0.15, 0.2) is 12.5 Å². The number of imidazole rings is 1. The van der Waals surface area contributed by atoms with Crippen molar-refractivity contribution < 1.29 is 4.79 Å². The number of aromatic nitrogens is 2. The summed E-state index contributed by atoms with van der Waals surface area (Å²) in [6.07, 6.45) is 3.49. The van der Waals surface area contributed by atoms with Crippen molar-refractivity contribution in [1.82, 2.24) is 20.2 Å². The smallest absolute Gasteiger partial charge is 0.243 e. The third-order valence-corrected chi connectivity index (χ3v) is 2.42. The zero-order valence-electron chi connectivity index (χ0n) is 8.16. The number of nitrogens with zero attached hydrogens (tertiary/aromatic N) is 2. The second kappa shape index (κ2) is 3.79. The fourth-order valence-corrected chi connectivity index (χ4v) is 1.67. The molecule has 2 rings (SSSR count). The molecule has 0 saturated carbocycles. The zero-order chi connectivity index (χ0) is 9.97. The van der Waals surface area contributed by atoms with Crippen molar-refractivity contribution in [2.75, 3.05) is 13.1 Å². The van der Waals surface area contributed by atoms with Gasteiger partial charge in [0, 0.05) is 19.6 Å². The van der Waals surface area contributed by atoms with Crippen LogP contribution in [-0.4, -0.2) is 28.5 Å². The first kappa shape index (κ1) is 9.21. The Morgan fingerprint density at radius 1 is 1.64 bits per heavy atom. The standard InChI is InChI=1S/C9H14N4O/c1-2-13-6-10-5-7(13)8-9(14)12-4-3-11-8/h5-6,8,11H,2-4H2,1H3,(H,12,14). The Labute approximate surface area is 82.5 Å². The fourth-order valence-electron chi connectivity index (χ4n) is 1.67. The molecular weight excluding hydrogens is 180 g/mol. The summed E-state index contributed by atoms with van der Waals surface area (Å²) >= 11 is 0. The molecule has 1 aromatic heterocycles. The van der Waals surface area contributed by atoms with Gasteiger partial charge < -0.3 is 9.88 Å². The lowest BCUT2D eigenvalue weighted by Gasteiger charge is -2.23. The minimum atomic E-state index is -0.244. The highest BCUT2D eigenvalue weighted by atomic mass is 16.2. The molecular formula is C9H14N4O. The summed E-state index contributed by atoms with van der Waals surface area (Å²) in [5, 5.41) is 6.00. The summed E-state index contributed by atoms with van der Waals surface area (Å²) in [6, 6.07) is -0.244. The Bertz CT molecular complexity index is 333. The molecule has 1 atom stereocenters. The number of piperazine rings is 1. The van der Waals surface area contributed by atoms with Crippen LogP contribution in [-0.2, 0) is 11.3 Å². The number of hydrogen-bond acceptors (Lipinski definition) is 3. The highest BCUT2D eigenvalue weighted by molar-refractivity contribution is 5.83. The molecule has 0 aliphatic carbocycles. The lowest BCUT2D eigenvalue weighted by molar-refractivity contribution is -0.124. The molecule has 2 N–H and O–H groups in total. The van der Waals surface area contributed by atoms with Crippen LogP contribution in [0.4, 0.5) is 0 Å². The Morgan fingerprint density at radius 3 is 3.21 bits per heavy atom. The zero-order valence-corrected chi connectivity index (χ0v) is 8.16. The molecule has 0 aromatic carbocycles. The summed E-state index contributed by atoms with van der Waals surface area (Å²) in [5.74, 6) is 0.0338. The Morgan fingerprint density at radius 2 is 2.50 bits per heavy atom. The van der Waals surface area contributed by atoms with Gasteiger partial charge in [0.05, 0.1) is 18.2 Å². The lowest BCUT2D eigenvalue weighted by atomic mass is 10.1. The number of aryl methyl sites for hydroxylation is 1. The molecule has 1 aliphatic heterocycles. The molecule has 1 amide bonds. The van der Waals surface area contributed by atoms with Gasteiger partial charge in [0.1, 0.15) is 6.04 Å². The van der Waals surface area contributed by atoms with Crippen molar-refractivity contribution in [1.29, 1.82) is 0 Å². The van der Waals surface area contributed by atoms with Crippen LogP contribution in [0.2, 0.25) is 0 Å². The Hall–Kier alpha value is -1.36. The van der Waals surface area contributed by atoms with Crippen molar-refractivity contribution in [3.05, 3.63) is 18.2 Å². The van der Waals surface area contributed by atoms with Crippen LogP contribution >= 0.6 is 0 Å². The minimum absolute atomic E-state index is 0.0338. The molecule has 5 nitrogen and oxygen atoms in total. The summed E-state index contributed by atoms with van der Waals surface area (Å²) in [5.41, 5.74) is 0.935. The van der Waals surface area contributed by atoms with Gasteiger partial charge in [-0.25, -0.2) is 4.98 Å². The van der Waals surface area contributed by atoms with Crippen molar-refractivity contribution in [2.24, 2.45) is 0 Å². The fraction of sp³-hybridized carbons (Fsp3) is 0.556. The van der Waals surface area contributed by atoms with Gasteiger partial charge in [-0.3, -0.25) is 10.1 Å². The molecule has 1 saturated heterocycles. The van der Waals surface area contributed by atoms with Crippen molar-refractivity contribution in [3.8, 4) is 0 Å². The van der Waals surface area contributed by atoms with E-state index >= 15 is 0 Å². The molecule has 0 spiro atoms.